The van der Waals surface area contributed by atoms with Crippen LogP contribution in [0.15, 0.2) is 12.2 Å². The maximum Gasteiger partial charge on any atom is 0.0273 e. The van der Waals surface area contributed by atoms with Gasteiger partial charge in [0.2, 0.25) is 0 Å². The predicted molar refractivity (Wildman–Crippen MR) is 47.2 cm³/mol. The normalized spacial score (nSPS) is 14.3. The highest BCUT2D eigenvalue weighted by molar-refractivity contribution is 4.99. The van der Waals surface area contributed by atoms with Gasteiger partial charge in [0.25, 0.3) is 0 Å². The van der Waals surface area contributed by atoms with Crippen molar-refractivity contribution in [3.63, 3.8) is 0 Å². The van der Waals surface area contributed by atoms with Crippen LogP contribution in [0.1, 0.15) is 27.7 Å². The number of nitrogens with zero attached hydrogens (tertiary/aromatic N) is 1. The third kappa shape index (κ3) is 2.53. The molecule has 0 spiro atoms. The predicted octanol–water partition coefficient (Wildman–Crippen LogP) is 2.29. The molecule has 0 aromatic heterocycles. The Balaban J connectivity index is 3.94. The molecule has 0 rings (SSSR count). The van der Waals surface area contributed by atoms with Crippen LogP contribution in [-0.4, -0.2) is 24.0 Å². The Morgan fingerprint density at radius 3 is 1.80 bits per heavy atom. The molecular formula is C9H19N. The van der Waals surface area contributed by atoms with Crippen LogP contribution in [0.4, 0.5) is 0 Å². The third-order valence-corrected chi connectivity index (χ3v) is 2.14. The Hall–Kier alpha value is -0.300. The van der Waals surface area contributed by atoms with E-state index in [0.29, 0.717) is 12.1 Å². The zero-order valence-electron chi connectivity index (χ0n) is 7.81. The second-order valence-electron chi connectivity index (χ2n) is 3.28. The van der Waals surface area contributed by atoms with E-state index in [-0.39, 0.29) is 0 Å². The van der Waals surface area contributed by atoms with Gasteiger partial charge in [-0.25, -0.2) is 0 Å². The molecule has 0 heterocycles. The average molecular weight is 141 g/mol. The van der Waals surface area contributed by atoms with Crippen molar-refractivity contribution < 1.29 is 0 Å². The van der Waals surface area contributed by atoms with Crippen molar-refractivity contribution in [2.45, 2.75) is 39.8 Å². The van der Waals surface area contributed by atoms with E-state index in [1.54, 1.807) is 0 Å². The van der Waals surface area contributed by atoms with Gasteiger partial charge in [0, 0.05) is 12.1 Å². The summed E-state index contributed by atoms with van der Waals surface area (Å²) in [7, 11) is 2.13. The van der Waals surface area contributed by atoms with Crippen LogP contribution in [0.25, 0.3) is 0 Å². The molecule has 0 N–H and O–H groups in total. The van der Waals surface area contributed by atoms with Crippen molar-refractivity contribution in [2.24, 2.45) is 0 Å². The standard InChI is InChI=1S/C9H19N/c1-7(2)9(5)10(6)8(3)4/h8-9H,1H2,2-6H3. The van der Waals surface area contributed by atoms with Crippen molar-refractivity contribution in [2.75, 3.05) is 7.05 Å². The van der Waals surface area contributed by atoms with E-state index in [1.807, 2.05) is 0 Å². The van der Waals surface area contributed by atoms with Gasteiger partial charge in [0.15, 0.2) is 0 Å². The fourth-order valence-electron chi connectivity index (χ4n) is 0.795. The van der Waals surface area contributed by atoms with Crippen LogP contribution in [0.5, 0.6) is 0 Å². The summed E-state index contributed by atoms with van der Waals surface area (Å²) in [6, 6.07) is 1.10. The lowest BCUT2D eigenvalue weighted by molar-refractivity contribution is 0.233. The van der Waals surface area contributed by atoms with Crippen LogP contribution in [0.2, 0.25) is 0 Å². The van der Waals surface area contributed by atoms with Crippen molar-refractivity contribution in [3.8, 4) is 0 Å². The molecule has 1 nitrogen and oxygen atoms in total. The molecule has 0 aromatic carbocycles. The fraction of sp³-hybridized carbons (Fsp3) is 0.778. The van der Waals surface area contributed by atoms with Crippen molar-refractivity contribution >= 4 is 0 Å². The van der Waals surface area contributed by atoms with Crippen LogP contribution >= 0.6 is 0 Å². The molecule has 0 amide bonds. The number of hydrogen-bond acceptors (Lipinski definition) is 1. The van der Waals surface area contributed by atoms with Crippen LogP contribution in [0.3, 0.4) is 0 Å². The minimum Gasteiger partial charge on any atom is -0.298 e. The second-order valence-corrected chi connectivity index (χ2v) is 3.28. The summed E-state index contributed by atoms with van der Waals surface area (Å²) in [5.41, 5.74) is 1.23. The Kier molecular flexibility index (Phi) is 3.66. The first-order chi connectivity index (χ1) is 4.46. The first-order valence-electron chi connectivity index (χ1n) is 3.84. The molecule has 0 aromatic rings. The molecule has 0 saturated carbocycles. The summed E-state index contributed by atoms with van der Waals surface area (Å²) in [5.74, 6) is 0. The zero-order chi connectivity index (χ0) is 8.31. The summed E-state index contributed by atoms with van der Waals surface area (Å²) in [6.45, 7) is 12.6. The maximum atomic E-state index is 3.92. The number of hydrogen-bond donors (Lipinski definition) is 0. The summed E-state index contributed by atoms with van der Waals surface area (Å²) in [4.78, 5) is 2.31. The Labute approximate surface area is 64.7 Å². The summed E-state index contributed by atoms with van der Waals surface area (Å²) in [6.07, 6.45) is 0. The molecule has 0 bridgehead atoms. The lowest BCUT2D eigenvalue weighted by Crippen LogP contribution is -2.35. The molecule has 0 saturated heterocycles. The van der Waals surface area contributed by atoms with E-state index in [4.69, 9.17) is 0 Å². The molecule has 0 fully saturated rings. The Morgan fingerprint density at radius 1 is 1.30 bits per heavy atom. The lowest BCUT2D eigenvalue weighted by atomic mass is 10.1. The summed E-state index contributed by atoms with van der Waals surface area (Å²) < 4.78 is 0. The van der Waals surface area contributed by atoms with Gasteiger partial charge in [0.1, 0.15) is 0 Å². The maximum absolute atomic E-state index is 3.92. The minimum atomic E-state index is 0.500. The van der Waals surface area contributed by atoms with E-state index in [9.17, 15) is 0 Å². The fourth-order valence-corrected chi connectivity index (χ4v) is 0.795. The van der Waals surface area contributed by atoms with E-state index in [1.165, 1.54) is 5.57 Å². The molecule has 0 aliphatic heterocycles. The smallest absolute Gasteiger partial charge is 0.0273 e. The van der Waals surface area contributed by atoms with Gasteiger partial charge in [-0.1, -0.05) is 12.2 Å². The van der Waals surface area contributed by atoms with Crippen LogP contribution < -0.4 is 0 Å². The highest BCUT2D eigenvalue weighted by Gasteiger charge is 2.11. The Morgan fingerprint density at radius 2 is 1.70 bits per heavy atom. The highest BCUT2D eigenvalue weighted by Crippen LogP contribution is 2.08. The van der Waals surface area contributed by atoms with Crippen molar-refractivity contribution in [3.05, 3.63) is 12.2 Å². The van der Waals surface area contributed by atoms with Crippen molar-refractivity contribution in [1.29, 1.82) is 0 Å². The van der Waals surface area contributed by atoms with Gasteiger partial charge in [-0.15, -0.1) is 0 Å². The van der Waals surface area contributed by atoms with E-state index < -0.39 is 0 Å². The molecule has 1 atom stereocenters. The topological polar surface area (TPSA) is 3.24 Å². The SMILES string of the molecule is C=C(C)C(C)N(C)C(C)C. The largest absolute Gasteiger partial charge is 0.298 e. The molecule has 60 valence electrons. The van der Waals surface area contributed by atoms with Gasteiger partial charge < -0.3 is 0 Å². The number of likely N-dealkylation sites (N-methyl/N-ethyl adjacent to an activating group) is 1. The van der Waals surface area contributed by atoms with Gasteiger partial charge in [-0.3, -0.25) is 4.90 Å². The van der Waals surface area contributed by atoms with Crippen molar-refractivity contribution in [1.82, 2.24) is 4.90 Å². The molecule has 1 heteroatoms. The van der Waals surface area contributed by atoms with Gasteiger partial charge >= 0.3 is 0 Å². The molecule has 1 unspecified atom stereocenters. The molecule has 0 radical (unpaired) electrons. The van der Waals surface area contributed by atoms with E-state index >= 15 is 0 Å². The van der Waals surface area contributed by atoms with E-state index in [0.717, 1.165) is 0 Å². The third-order valence-electron chi connectivity index (χ3n) is 2.14. The molecule has 10 heavy (non-hydrogen) atoms. The van der Waals surface area contributed by atoms with Crippen LogP contribution in [0, 0.1) is 0 Å². The summed E-state index contributed by atoms with van der Waals surface area (Å²) >= 11 is 0. The van der Waals surface area contributed by atoms with Crippen LogP contribution in [-0.2, 0) is 0 Å². The molecule has 0 aliphatic carbocycles. The monoisotopic (exact) mass is 141 g/mol. The van der Waals surface area contributed by atoms with E-state index in [2.05, 4.69) is 46.2 Å². The minimum absolute atomic E-state index is 0.500. The van der Waals surface area contributed by atoms with Gasteiger partial charge in [0.05, 0.1) is 0 Å². The molecule has 0 aliphatic rings. The summed E-state index contributed by atoms with van der Waals surface area (Å²) in [5, 5.41) is 0. The Bertz CT molecular complexity index is 116. The second kappa shape index (κ2) is 3.77. The highest BCUT2D eigenvalue weighted by atomic mass is 15.1. The average Bonchev–Trinajstić information content (AvgIpc) is 1.84. The first-order valence-corrected chi connectivity index (χ1v) is 3.84. The van der Waals surface area contributed by atoms with Gasteiger partial charge in [-0.05, 0) is 34.7 Å². The number of rotatable bonds is 3. The first kappa shape index (κ1) is 9.70. The zero-order valence-corrected chi connectivity index (χ0v) is 7.81. The van der Waals surface area contributed by atoms with Gasteiger partial charge in [-0.2, -0.15) is 0 Å². The quantitative estimate of drug-likeness (QED) is 0.545. The lowest BCUT2D eigenvalue weighted by Gasteiger charge is -2.28. The molecular weight excluding hydrogens is 122 g/mol.